The lowest BCUT2D eigenvalue weighted by molar-refractivity contribution is -0.121. The van der Waals surface area contributed by atoms with Gasteiger partial charge in [-0.3, -0.25) is 9.59 Å². The molecule has 1 aliphatic rings. The molecule has 7 heteroatoms. The molecular formula is C16H11BrCl2N2O2. The van der Waals surface area contributed by atoms with E-state index in [0.717, 1.165) is 15.1 Å². The van der Waals surface area contributed by atoms with Gasteiger partial charge in [-0.25, -0.2) is 4.90 Å². The second-order valence-electron chi connectivity index (χ2n) is 5.07. The molecule has 0 aliphatic carbocycles. The van der Waals surface area contributed by atoms with Crippen LogP contribution in [0, 0.1) is 0 Å². The third-order valence-electron chi connectivity index (χ3n) is 3.48. The molecule has 0 unspecified atom stereocenters. The van der Waals surface area contributed by atoms with Crippen molar-refractivity contribution in [2.75, 3.05) is 10.2 Å². The van der Waals surface area contributed by atoms with Crippen molar-refractivity contribution in [3.05, 3.63) is 57.0 Å². The SMILES string of the molecule is O=C1C[C@@H](Nc2ccc(Br)cc2)C(=O)N1c1ccc(Cl)cc1Cl. The molecule has 2 aromatic carbocycles. The van der Waals surface area contributed by atoms with Gasteiger partial charge in [-0.05, 0) is 42.5 Å². The lowest BCUT2D eigenvalue weighted by Gasteiger charge is -2.17. The summed E-state index contributed by atoms with van der Waals surface area (Å²) in [7, 11) is 0. The lowest BCUT2D eigenvalue weighted by Crippen LogP contribution is -2.35. The van der Waals surface area contributed by atoms with Crippen LogP contribution < -0.4 is 10.2 Å². The smallest absolute Gasteiger partial charge is 0.256 e. The number of anilines is 2. The fourth-order valence-corrected chi connectivity index (χ4v) is 3.17. The largest absolute Gasteiger partial charge is 0.373 e. The van der Waals surface area contributed by atoms with Gasteiger partial charge in [0, 0.05) is 15.2 Å². The molecule has 0 radical (unpaired) electrons. The number of benzene rings is 2. The predicted octanol–water partition coefficient (Wildman–Crippen LogP) is 4.50. The first-order chi connectivity index (χ1) is 11.0. The van der Waals surface area contributed by atoms with Gasteiger partial charge in [0.1, 0.15) is 6.04 Å². The van der Waals surface area contributed by atoms with Crippen molar-refractivity contribution in [3.63, 3.8) is 0 Å². The molecule has 0 saturated carbocycles. The Morgan fingerprint density at radius 1 is 1.09 bits per heavy atom. The normalized spacial score (nSPS) is 17.7. The summed E-state index contributed by atoms with van der Waals surface area (Å²) in [4.78, 5) is 25.9. The highest BCUT2D eigenvalue weighted by Crippen LogP contribution is 2.33. The van der Waals surface area contributed by atoms with E-state index >= 15 is 0 Å². The number of imide groups is 1. The Bertz CT molecular complexity index is 780. The van der Waals surface area contributed by atoms with Crippen molar-refractivity contribution in [2.45, 2.75) is 12.5 Å². The molecule has 1 heterocycles. The Morgan fingerprint density at radius 2 is 1.78 bits per heavy atom. The molecular weight excluding hydrogens is 403 g/mol. The topological polar surface area (TPSA) is 49.4 Å². The fraction of sp³-hybridized carbons (Fsp3) is 0.125. The van der Waals surface area contributed by atoms with Crippen LogP contribution in [0.4, 0.5) is 11.4 Å². The molecule has 23 heavy (non-hydrogen) atoms. The van der Waals surface area contributed by atoms with Gasteiger partial charge in [0.15, 0.2) is 0 Å². The number of nitrogens with zero attached hydrogens (tertiary/aromatic N) is 1. The number of carbonyl (C=O) groups excluding carboxylic acids is 2. The van der Waals surface area contributed by atoms with E-state index in [1.165, 1.54) is 6.07 Å². The van der Waals surface area contributed by atoms with Gasteiger partial charge in [0.05, 0.1) is 17.1 Å². The van der Waals surface area contributed by atoms with Crippen LogP contribution >= 0.6 is 39.1 Å². The maximum atomic E-state index is 12.6. The van der Waals surface area contributed by atoms with E-state index in [4.69, 9.17) is 23.2 Å². The number of halogens is 3. The van der Waals surface area contributed by atoms with Gasteiger partial charge in [-0.15, -0.1) is 0 Å². The zero-order valence-corrected chi connectivity index (χ0v) is 14.8. The van der Waals surface area contributed by atoms with Crippen LogP contribution in [-0.2, 0) is 9.59 Å². The Labute approximate surface area is 151 Å². The molecule has 1 atom stereocenters. The summed E-state index contributed by atoms with van der Waals surface area (Å²) in [6, 6.07) is 11.4. The maximum Gasteiger partial charge on any atom is 0.256 e. The van der Waals surface area contributed by atoms with Gasteiger partial charge in [0.25, 0.3) is 5.91 Å². The number of carbonyl (C=O) groups is 2. The van der Waals surface area contributed by atoms with Crippen LogP contribution in [0.1, 0.15) is 6.42 Å². The van der Waals surface area contributed by atoms with Gasteiger partial charge in [-0.1, -0.05) is 39.1 Å². The summed E-state index contributed by atoms with van der Waals surface area (Å²) in [5.74, 6) is -0.629. The number of hydrogen-bond donors (Lipinski definition) is 1. The molecule has 3 rings (SSSR count). The van der Waals surface area contributed by atoms with Crippen LogP contribution in [0.5, 0.6) is 0 Å². The zero-order chi connectivity index (χ0) is 16.6. The Kier molecular flexibility index (Phi) is 4.62. The van der Waals surface area contributed by atoms with Crippen molar-refractivity contribution in [2.24, 2.45) is 0 Å². The minimum Gasteiger partial charge on any atom is -0.373 e. The van der Waals surface area contributed by atoms with Crippen molar-refractivity contribution < 1.29 is 9.59 Å². The van der Waals surface area contributed by atoms with E-state index in [2.05, 4.69) is 21.2 Å². The van der Waals surface area contributed by atoms with Crippen molar-refractivity contribution in [1.82, 2.24) is 0 Å². The van der Waals surface area contributed by atoms with E-state index in [9.17, 15) is 9.59 Å². The van der Waals surface area contributed by atoms with Gasteiger partial charge in [0.2, 0.25) is 5.91 Å². The first kappa shape index (κ1) is 16.3. The first-order valence-corrected chi connectivity index (χ1v) is 8.34. The molecule has 1 saturated heterocycles. The number of amides is 2. The number of nitrogens with one attached hydrogen (secondary N) is 1. The quantitative estimate of drug-likeness (QED) is 0.753. The summed E-state index contributed by atoms with van der Waals surface area (Å²) in [6.07, 6.45) is 0.0772. The van der Waals surface area contributed by atoms with Crippen LogP contribution in [0.25, 0.3) is 0 Å². The van der Waals surface area contributed by atoms with Crippen LogP contribution in [0.15, 0.2) is 46.9 Å². The molecule has 0 spiro atoms. The van der Waals surface area contributed by atoms with Crippen LogP contribution in [0.2, 0.25) is 10.0 Å². The molecule has 0 aromatic heterocycles. The lowest BCUT2D eigenvalue weighted by atomic mass is 10.2. The summed E-state index contributed by atoms with van der Waals surface area (Å²) in [5, 5.41) is 3.79. The first-order valence-electron chi connectivity index (χ1n) is 6.79. The van der Waals surface area contributed by atoms with Gasteiger partial charge in [-0.2, -0.15) is 0 Å². The highest BCUT2D eigenvalue weighted by molar-refractivity contribution is 9.10. The average Bonchev–Trinajstić information content (AvgIpc) is 2.77. The summed E-state index contributed by atoms with van der Waals surface area (Å²) in [5.41, 5.74) is 1.12. The number of hydrogen-bond acceptors (Lipinski definition) is 3. The second-order valence-corrected chi connectivity index (χ2v) is 6.83. The highest BCUT2D eigenvalue weighted by atomic mass is 79.9. The van der Waals surface area contributed by atoms with Crippen molar-refractivity contribution in [1.29, 1.82) is 0 Å². The molecule has 1 N–H and O–H groups in total. The third kappa shape index (κ3) is 3.37. The van der Waals surface area contributed by atoms with Gasteiger partial charge >= 0.3 is 0 Å². The van der Waals surface area contributed by atoms with E-state index in [1.807, 2.05) is 24.3 Å². The summed E-state index contributed by atoms with van der Waals surface area (Å²) < 4.78 is 0.937. The van der Waals surface area contributed by atoms with Gasteiger partial charge < -0.3 is 5.32 Å². The summed E-state index contributed by atoms with van der Waals surface area (Å²) >= 11 is 15.3. The van der Waals surface area contributed by atoms with Crippen molar-refractivity contribution in [3.8, 4) is 0 Å². The Hall–Kier alpha value is -1.56. The van der Waals surface area contributed by atoms with E-state index in [1.54, 1.807) is 12.1 Å². The van der Waals surface area contributed by atoms with E-state index < -0.39 is 6.04 Å². The molecule has 4 nitrogen and oxygen atoms in total. The summed E-state index contributed by atoms with van der Waals surface area (Å²) in [6.45, 7) is 0. The van der Waals surface area contributed by atoms with E-state index in [-0.39, 0.29) is 23.3 Å². The molecule has 118 valence electrons. The Balaban J connectivity index is 1.83. The monoisotopic (exact) mass is 412 g/mol. The molecule has 2 aromatic rings. The maximum absolute atomic E-state index is 12.6. The minimum absolute atomic E-state index is 0.0772. The molecule has 1 fully saturated rings. The number of rotatable bonds is 3. The van der Waals surface area contributed by atoms with E-state index in [0.29, 0.717) is 10.7 Å². The highest BCUT2D eigenvalue weighted by Gasteiger charge is 2.40. The third-order valence-corrected chi connectivity index (χ3v) is 4.55. The standard InChI is InChI=1S/C16H11BrCl2N2O2/c17-9-1-4-11(5-2-9)20-13-8-15(22)21(16(13)23)14-6-3-10(18)7-12(14)19/h1-7,13,20H,8H2/t13-/m1/s1. The average molecular weight is 414 g/mol. The zero-order valence-electron chi connectivity index (χ0n) is 11.7. The molecule has 2 amide bonds. The fourth-order valence-electron chi connectivity index (χ4n) is 2.41. The molecule has 1 aliphatic heterocycles. The van der Waals surface area contributed by atoms with Crippen molar-refractivity contribution >= 4 is 62.3 Å². The predicted molar refractivity (Wildman–Crippen MR) is 95.1 cm³/mol. The Morgan fingerprint density at radius 3 is 2.43 bits per heavy atom. The second kappa shape index (κ2) is 6.51. The molecule has 0 bridgehead atoms. The van der Waals surface area contributed by atoms with Crippen LogP contribution in [-0.4, -0.2) is 17.9 Å². The minimum atomic E-state index is -0.615. The van der Waals surface area contributed by atoms with Crippen LogP contribution in [0.3, 0.4) is 0 Å².